The van der Waals surface area contributed by atoms with Crippen molar-refractivity contribution in [2.45, 2.75) is 5.41 Å². The fraction of sp³-hybridized carbons (Fsp3) is 0.0169. The molecule has 0 saturated carbocycles. The van der Waals surface area contributed by atoms with Gasteiger partial charge in [-0.05, 0) is 68.3 Å². The molecule has 0 bridgehead atoms. The summed E-state index contributed by atoms with van der Waals surface area (Å²) in [6.45, 7) is 0. The quantitative estimate of drug-likeness (QED) is 0.161. The minimum absolute atomic E-state index is 0.450. The van der Waals surface area contributed by atoms with Crippen LogP contribution in [-0.2, 0) is 5.41 Å². The van der Waals surface area contributed by atoms with Gasteiger partial charge in [0.2, 0.25) is 0 Å². The van der Waals surface area contributed by atoms with Gasteiger partial charge in [-0.2, -0.15) is 0 Å². The van der Waals surface area contributed by atoms with Gasteiger partial charge in [0, 0.05) is 33.0 Å². The number of aromatic nitrogens is 2. The molecule has 12 rings (SSSR count). The number of rotatable bonds is 7. The molecular weight excluding hydrogens is 753 g/mol. The van der Waals surface area contributed by atoms with Crippen molar-refractivity contribution in [1.29, 1.82) is 0 Å². The van der Waals surface area contributed by atoms with Crippen molar-refractivity contribution in [1.82, 2.24) is 9.97 Å². The van der Waals surface area contributed by atoms with Gasteiger partial charge in [0.25, 0.3) is 0 Å². The molecule has 1 aliphatic rings. The molecule has 1 aliphatic carbocycles. The number of para-hydroxylation sites is 2. The minimum Gasteiger partial charge on any atom is -0.455 e. The smallest absolute Gasteiger partial charge is 0.160 e. The largest absolute Gasteiger partial charge is 0.455 e. The second-order valence-corrected chi connectivity index (χ2v) is 16.1. The molecule has 9 aromatic carbocycles. The molecule has 2 aromatic heterocycles. The van der Waals surface area contributed by atoms with E-state index in [1.54, 1.807) is 0 Å². The lowest BCUT2D eigenvalue weighted by Crippen LogP contribution is -2.28. The summed E-state index contributed by atoms with van der Waals surface area (Å²) in [5.74, 6) is 0.689. The van der Waals surface area contributed by atoms with Gasteiger partial charge in [0.05, 0.1) is 16.8 Å². The summed E-state index contributed by atoms with van der Waals surface area (Å²) in [4.78, 5) is 10.3. The highest BCUT2D eigenvalue weighted by Gasteiger charge is 2.45. The number of hydrogen-bond acceptors (Lipinski definition) is 3. The van der Waals surface area contributed by atoms with Crippen molar-refractivity contribution in [2.75, 3.05) is 0 Å². The van der Waals surface area contributed by atoms with Crippen molar-refractivity contribution in [3.8, 4) is 67.3 Å². The van der Waals surface area contributed by atoms with Gasteiger partial charge < -0.3 is 4.42 Å². The van der Waals surface area contributed by atoms with E-state index >= 15 is 0 Å². The van der Waals surface area contributed by atoms with Crippen molar-refractivity contribution < 1.29 is 4.42 Å². The van der Waals surface area contributed by atoms with E-state index in [0.29, 0.717) is 5.82 Å². The van der Waals surface area contributed by atoms with Gasteiger partial charge in [0.15, 0.2) is 5.82 Å². The standard InChI is InChI=1S/C59H38N2O/c1-3-15-43(16-4-1)58-60-54(38-55(61-58)42-35-31-40(32-36-42)47-24-14-25-51-50-23-9-12-28-56(50)62-57(47)51)41-33-29-39(30-34-41)44-17-13-20-46(37-44)59(45-18-5-2-6-19-45)52-26-10-7-21-48(52)49-22-8-11-27-53(49)59/h1-38H. The van der Waals surface area contributed by atoms with Crippen LogP contribution in [0.1, 0.15) is 22.3 Å². The van der Waals surface area contributed by atoms with Crippen LogP contribution < -0.4 is 0 Å². The van der Waals surface area contributed by atoms with E-state index in [-0.39, 0.29) is 0 Å². The lowest BCUT2D eigenvalue weighted by molar-refractivity contribution is 0.670. The summed E-state index contributed by atoms with van der Waals surface area (Å²) in [6.07, 6.45) is 0. The molecule has 0 atom stereocenters. The second kappa shape index (κ2) is 14.5. The monoisotopic (exact) mass is 790 g/mol. The van der Waals surface area contributed by atoms with E-state index in [4.69, 9.17) is 14.4 Å². The number of nitrogens with zero attached hydrogens (tertiary/aromatic N) is 2. The first-order chi connectivity index (χ1) is 30.7. The molecule has 290 valence electrons. The van der Waals surface area contributed by atoms with Gasteiger partial charge >= 0.3 is 0 Å². The summed E-state index contributed by atoms with van der Waals surface area (Å²) in [7, 11) is 0. The fourth-order valence-corrected chi connectivity index (χ4v) is 9.73. The number of furan rings is 1. The third kappa shape index (κ3) is 5.74. The Morgan fingerprint density at radius 2 is 0.823 bits per heavy atom. The van der Waals surface area contributed by atoms with Crippen LogP contribution in [0.2, 0.25) is 0 Å². The molecule has 3 nitrogen and oxygen atoms in total. The topological polar surface area (TPSA) is 38.9 Å². The Morgan fingerprint density at radius 3 is 1.52 bits per heavy atom. The molecule has 0 fully saturated rings. The molecule has 0 spiro atoms. The molecule has 2 heterocycles. The van der Waals surface area contributed by atoms with Crippen LogP contribution in [0.25, 0.3) is 89.2 Å². The Morgan fingerprint density at radius 1 is 0.323 bits per heavy atom. The van der Waals surface area contributed by atoms with Crippen LogP contribution in [0.15, 0.2) is 235 Å². The fourth-order valence-electron chi connectivity index (χ4n) is 9.73. The highest BCUT2D eigenvalue weighted by molar-refractivity contribution is 6.09. The molecule has 0 aliphatic heterocycles. The van der Waals surface area contributed by atoms with Gasteiger partial charge in [-0.1, -0.05) is 212 Å². The van der Waals surface area contributed by atoms with Crippen LogP contribution in [0.3, 0.4) is 0 Å². The Balaban J connectivity index is 0.922. The zero-order chi connectivity index (χ0) is 41.0. The molecule has 11 aromatic rings. The molecule has 0 saturated heterocycles. The Bertz CT molecular complexity index is 3400. The van der Waals surface area contributed by atoms with E-state index in [9.17, 15) is 0 Å². The van der Waals surface area contributed by atoms with E-state index < -0.39 is 5.41 Å². The van der Waals surface area contributed by atoms with E-state index in [0.717, 1.165) is 72.3 Å². The highest BCUT2D eigenvalue weighted by Crippen LogP contribution is 2.56. The summed E-state index contributed by atoms with van der Waals surface area (Å²) in [6, 6.07) is 82.2. The molecule has 3 heteroatoms. The van der Waals surface area contributed by atoms with E-state index in [2.05, 4.69) is 200 Å². The third-order valence-electron chi connectivity index (χ3n) is 12.6. The molecular formula is C59H38N2O. The lowest BCUT2D eigenvalue weighted by Gasteiger charge is -2.34. The van der Waals surface area contributed by atoms with Crippen LogP contribution in [0.4, 0.5) is 0 Å². The SMILES string of the molecule is c1ccc(-c2nc(-c3ccc(-c4cccc(C5(c6ccccc6)c6ccccc6-c6ccccc65)c4)cc3)cc(-c3ccc(-c4cccc5c4oc4ccccc45)cc3)n2)cc1. The van der Waals surface area contributed by atoms with Crippen molar-refractivity contribution in [3.63, 3.8) is 0 Å². The first-order valence-electron chi connectivity index (χ1n) is 21.1. The zero-order valence-electron chi connectivity index (χ0n) is 33.7. The zero-order valence-corrected chi connectivity index (χ0v) is 33.7. The van der Waals surface area contributed by atoms with Crippen molar-refractivity contribution in [3.05, 3.63) is 253 Å². The van der Waals surface area contributed by atoms with Crippen LogP contribution >= 0.6 is 0 Å². The summed E-state index contributed by atoms with van der Waals surface area (Å²) in [5, 5.41) is 2.25. The maximum Gasteiger partial charge on any atom is 0.160 e. The third-order valence-corrected chi connectivity index (χ3v) is 12.6. The average Bonchev–Trinajstić information content (AvgIpc) is 3.89. The average molecular weight is 791 g/mol. The number of benzene rings is 9. The Hall–Kier alpha value is -8.14. The Kier molecular flexibility index (Phi) is 8.39. The van der Waals surface area contributed by atoms with Crippen LogP contribution in [0, 0.1) is 0 Å². The number of hydrogen-bond donors (Lipinski definition) is 0. The second-order valence-electron chi connectivity index (χ2n) is 16.1. The predicted molar refractivity (Wildman–Crippen MR) is 254 cm³/mol. The minimum atomic E-state index is -0.450. The summed E-state index contributed by atoms with van der Waals surface area (Å²) >= 11 is 0. The molecule has 0 unspecified atom stereocenters. The van der Waals surface area contributed by atoms with Crippen molar-refractivity contribution >= 4 is 21.9 Å². The van der Waals surface area contributed by atoms with Gasteiger partial charge in [0.1, 0.15) is 11.2 Å². The lowest BCUT2D eigenvalue weighted by atomic mass is 9.67. The summed E-state index contributed by atoms with van der Waals surface area (Å²) in [5.41, 5.74) is 18.3. The maximum atomic E-state index is 6.38. The van der Waals surface area contributed by atoms with E-state index in [1.165, 1.54) is 33.4 Å². The molecule has 62 heavy (non-hydrogen) atoms. The maximum absolute atomic E-state index is 6.38. The Labute approximate surface area is 360 Å². The first kappa shape index (κ1) is 35.8. The molecule has 0 radical (unpaired) electrons. The first-order valence-corrected chi connectivity index (χ1v) is 21.1. The van der Waals surface area contributed by atoms with E-state index in [1.807, 2.05) is 30.3 Å². The van der Waals surface area contributed by atoms with Crippen LogP contribution in [-0.4, -0.2) is 9.97 Å². The molecule has 0 N–H and O–H groups in total. The predicted octanol–water partition coefficient (Wildman–Crippen LogP) is 15.1. The number of fused-ring (bicyclic) bond motifs is 6. The van der Waals surface area contributed by atoms with Crippen LogP contribution in [0.5, 0.6) is 0 Å². The van der Waals surface area contributed by atoms with Gasteiger partial charge in [-0.25, -0.2) is 9.97 Å². The van der Waals surface area contributed by atoms with Gasteiger partial charge in [-0.15, -0.1) is 0 Å². The highest BCUT2D eigenvalue weighted by atomic mass is 16.3. The summed E-state index contributed by atoms with van der Waals surface area (Å²) < 4.78 is 6.38. The molecule has 0 amide bonds. The van der Waals surface area contributed by atoms with Gasteiger partial charge in [-0.3, -0.25) is 0 Å². The normalized spacial score (nSPS) is 12.6. The van der Waals surface area contributed by atoms with Crippen molar-refractivity contribution in [2.24, 2.45) is 0 Å².